The highest BCUT2D eigenvalue weighted by Crippen LogP contribution is 2.20. The molecular weight excluding hydrogens is 348 g/mol. The maximum atomic E-state index is 5.69. The number of pyridine rings is 1. The molecule has 2 N–H and O–H groups in total. The molecule has 28 heavy (non-hydrogen) atoms. The van der Waals surface area contributed by atoms with Crippen molar-refractivity contribution in [2.45, 2.75) is 13.0 Å². The third-order valence-electron chi connectivity index (χ3n) is 4.84. The maximum Gasteiger partial charge on any atom is 0.177 e. The summed E-state index contributed by atoms with van der Waals surface area (Å²) in [5, 5.41) is 14.5. The van der Waals surface area contributed by atoms with Crippen molar-refractivity contribution in [3.63, 3.8) is 0 Å². The van der Waals surface area contributed by atoms with Crippen molar-refractivity contribution in [2.24, 2.45) is 5.73 Å². The highest BCUT2D eigenvalue weighted by molar-refractivity contribution is 5.79. The first-order valence-electron chi connectivity index (χ1n) is 9.14. The van der Waals surface area contributed by atoms with Crippen molar-refractivity contribution >= 4 is 16.6 Å². The van der Waals surface area contributed by atoms with Crippen LogP contribution in [0, 0.1) is 0 Å². The van der Waals surface area contributed by atoms with Gasteiger partial charge in [0.25, 0.3) is 0 Å². The van der Waals surface area contributed by atoms with E-state index in [9.17, 15) is 0 Å². The molecule has 0 spiro atoms. The predicted octanol–water partition coefficient (Wildman–Crippen LogP) is 3.39. The van der Waals surface area contributed by atoms with Crippen molar-refractivity contribution in [1.82, 2.24) is 24.8 Å². The zero-order valence-corrected chi connectivity index (χ0v) is 15.2. The second kappa shape index (κ2) is 6.83. The van der Waals surface area contributed by atoms with E-state index in [1.165, 1.54) is 0 Å². The van der Waals surface area contributed by atoms with E-state index in [1.807, 2.05) is 53.0 Å². The molecule has 136 valence electrons. The van der Waals surface area contributed by atoms with Crippen molar-refractivity contribution < 1.29 is 0 Å². The SMILES string of the molecule is NCc1ccc(-c2ccc3nnc(Cc4ccc5ncccc5c4)n3n2)cc1. The summed E-state index contributed by atoms with van der Waals surface area (Å²) < 4.78 is 1.82. The van der Waals surface area contributed by atoms with Gasteiger partial charge in [0.1, 0.15) is 0 Å². The van der Waals surface area contributed by atoms with Crippen molar-refractivity contribution in [3.8, 4) is 11.3 Å². The summed E-state index contributed by atoms with van der Waals surface area (Å²) in [5.41, 5.74) is 11.6. The van der Waals surface area contributed by atoms with E-state index in [4.69, 9.17) is 10.8 Å². The number of benzene rings is 2. The molecule has 0 saturated heterocycles. The fourth-order valence-corrected chi connectivity index (χ4v) is 3.33. The van der Waals surface area contributed by atoms with Crippen LogP contribution < -0.4 is 5.73 Å². The number of hydrogen-bond donors (Lipinski definition) is 1. The van der Waals surface area contributed by atoms with E-state index in [-0.39, 0.29) is 0 Å². The molecular formula is C22H18N6. The first-order valence-corrected chi connectivity index (χ1v) is 9.14. The second-order valence-corrected chi connectivity index (χ2v) is 6.71. The molecule has 0 radical (unpaired) electrons. The third-order valence-corrected chi connectivity index (χ3v) is 4.84. The number of fused-ring (bicyclic) bond motifs is 2. The molecule has 0 aliphatic rings. The van der Waals surface area contributed by atoms with Gasteiger partial charge in [-0.25, -0.2) is 0 Å². The summed E-state index contributed by atoms with van der Waals surface area (Å²) >= 11 is 0. The van der Waals surface area contributed by atoms with Gasteiger partial charge in [0.05, 0.1) is 11.2 Å². The smallest absolute Gasteiger partial charge is 0.177 e. The Balaban J connectivity index is 1.51. The Labute approximate surface area is 161 Å². The lowest BCUT2D eigenvalue weighted by Gasteiger charge is -2.05. The van der Waals surface area contributed by atoms with Crippen molar-refractivity contribution in [1.29, 1.82) is 0 Å². The third kappa shape index (κ3) is 3.00. The molecule has 6 heteroatoms. The Morgan fingerprint density at radius 1 is 0.857 bits per heavy atom. The minimum absolute atomic E-state index is 0.531. The molecule has 5 aromatic rings. The van der Waals surface area contributed by atoms with Gasteiger partial charge in [0.2, 0.25) is 0 Å². The normalized spacial score (nSPS) is 11.3. The van der Waals surface area contributed by atoms with Crippen molar-refractivity contribution in [2.75, 3.05) is 0 Å². The monoisotopic (exact) mass is 366 g/mol. The highest BCUT2D eigenvalue weighted by atomic mass is 15.4. The standard InChI is InChI=1S/C22H18N6/c23-14-15-3-6-17(7-4-15)20-9-10-21-25-26-22(28(21)27-20)13-16-5-8-19-18(12-16)2-1-11-24-19/h1-12H,13-14,23H2. The van der Waals surface area contributed by atoms with Gasteiger partial charge >= 0.3 is 0 Å². The fourth-order valence-electron chi connectivity index (χ4n) is 3.33. The fraction of sp³-hybridized carbons (Fsp3) is 0.0909. The Bertz CT molecular complexity index is 1270. The topological polar surface area (TPSA) is 82.0 Å². The Kier molecular flexibility index (Phi) is 4.03. The first-order chi connectivity index (χ1) is 13.8. The highest BCUT2D eigenvalue weighted by Gasteiger charge is 2.10. The minimum Gasteiger partial charge on any atom is -0.326 e. The molecule has 6 nitrogen and oxygen atoms in total. The van der Waals surface area contributed by atoms with E-state index in [2.05, 4.69) is 33.4 Å². The van der Waals surface area contributed by atoms with Gasteiger partial charge in [-0.15, -0.1) is 10.2 Å². The largest absolute Gasteiger partial charge is 0.326 e. The summed E-state index contributed by atoms with van der Waals surface area (Å²) in [7, 11) is 0. The number of nitrogens with two attached hydrogens (primary N) is 1. The lowest BCUT2D eigenvalue weighted by atomic mass is 10.1. The van der Waals surface area contributed by atoms with Gasteiger partial charge in [-0.05, 0) is 41.5 Å². The average Bonchev–Trinajstić information content (AvgIpc) is 3.16. The van der Waals surface area contributed by atoms with Gasteiger partial charge in [-0.2, -0.15) is 9.61 Å². The van der Waals surface area contributed by atoms with Crippen LogP contribution in [0.2, 0.25) is 0 Å². The van der Waals surface area contributed by atoms with E-state index >= 15 is 0 Å². The lowest BCUT2D eigenvalue weighted by molar-refractivity contribution is 0.842. The number of nitrogens with zero attached hydrogens (tertiary/aromatic N) is 5. The molecule has 0 bridgehead atoms. The lowest BCUT2D eigenvalue weighted by Crippen LogP contribution is -2.02. The van der Waals surface area contributed by atoms with Crippen LogP contribution in [0.15, 0.2) is 72.9 Å². The summed E-state index contributed by atoms with van der Waals surface area (Å²) in [5.74, 6) is 0.804. The van der Waals surface area contributed by atoms with Crippen molar-refractivity contribution in [3.05, 3.63) is 89.9 Å². The van der Waals surface area contributed by atoms with Crippen LogP contribution in [0.3, 0.4) is 0 Å². The maximum absolute atomic E-state index is 5.69. The molecule has 3 aromatic heterocycles. The predicted molar refractivity (Wildman–Crippen MR) is 109 cm³/mol. The van der Waals surface area contributed by atoms with E-state index in [0.717, 1.165) is 44.8 Å². The summed E-state index contributed by atoms with van der Waals surface area (Å²) in [6.07, 6.45) is 2.45. The molecule has 5 rings (SSSR count). The van der Waals surface area contributed by atoms with E-state index in [1.54, 1.807) is 6.20 Å². The van der Waals surface area contributed by atoms with Crippen LogP contribution in [0.5, 0.6) is 0 Å². The zero-order chi connectivity index (χ0) is 18.9. The van der Waals surface area contributed by atoms with Crippen LogP contribution in [0.4, 0.5) is 0 Å². The summed E-state index contributed by atoms with van der Waals surface area (Å²) in [4.78, 5) is 4.37. The van der Waals surface area contributed by atoms with E-state index in [0.29, 0.717) is 13.0 Å². The molecule has 0 unspecified atom stereocenters. The van der Waals surface area contributed by atoms with Crippen LogP contribution in [0.1, 0.15) is 17.0 Å². The number of hydrogen-bond acceptors (Lipinski definition) is 5. The summed E-state index contributed by atoms with van der Waals surface area (Å²) in [6.45, 7) is 0.531. The van der Waals surface area contributed by atoms with E-state index < -0.39 is 0 Å². The summed E-state index contributed by atoms with van der Waals surface area (Å²) in [6, 6.07) is 22.3. The molecule has 3 heterocycles. The molecule has 0 fully saturated rings. The Morgan fingerprint density at radius 3 is 2.57 bits per heavy atom. The van der Waals surface area contributed by atoms with Gasteiger partial charge in [-0.1, -0.05) is 36.4 Å². The van der Waals surface area contributed by atoms with Gasteiger partial charge in [0, 0.05) is 30.1 Å². The number of aromatic nitrogens is 5. The van der Waals surface area contributed by atoms with Gasteiger partial charge in [-0.3, -0.25) is 4.98 Å². The second-order valence-electron chi connectivity index (χ2n) is 6.71. The Hall–Kier alpha value is -3.64. The molecule has 2 aromatic carbocycles. The average molecular weight is 366 g/mol. The Morgan fingerprint density at radius 2 is 1.71 bits per heavy atom. The quantitative estimate of drug-likeness (QED) is 0.527. The van der Waals surface area contributed by atoms with Crippen LogP contribution >= 0.6 is 0 Å². The molecule has 0 saturated carbocycles. The van der Waals surface area contributed by atoms with Crippen LogP contribution in [0.25, 0.3) is 27.8 Å². The van der Waals surface area contributed by atoms with Gasteiger partial charge in [0.15, 0.2) is 11.5 Å². The molecule has 0 amide bonds. The first kappa shape index (κ1) is 16.5. The number of rotatable bonds is 4. The van der Waals surface area contributed by atoms with Crippen LogP contribution in [-0.2, 0) is 13.0 Å². The van der Waals surface area contributed by atoms with Gasteiger partial charge < -0.3 is 5.73 Å². The zero-order valence-electron chi connectivity index (χ0n) is 15.2. The molecule has 0 aliphatic heterocycles. The molecule has 0 atom stereocenters. The molecule has 0 aliphatic carbocycles. The minimum atomic E-state index is 0.531. The van der Waals surface area contributed by atoms with Crippen LogP contribution in [-0.4, -0.2) is 24.8 Å².